The smallest absolute Gasteiger partial charge is 0.161 e. The summed E-state index contributed by atoms with van der Waals surface area (Å²) in [6, 6.07) is 5.36. The Bertz CT molecular complexity index is 368. The molecule has 0 fully saturated rings. The van der Waals surface area contributed by atoms with Gasteiger partial charge in [0.05, 0.1) is 19.3 Å². The number of rotatable bonds is 7. The van der Waals surface area contributed by atoms with E-state index in [-0.39, 0.29) is 18.4 Å². The van der Waals surface area contributed by atoms with E-state index in [1.807, 2.05) is 6.92 Å². The van der Waals surface area contributed by atoms with Crippen molar-refractivity contribution < 1.29 is 14.9 Å². The molecule has 3 N–H and O–H groups in total. The lowest BCUT2D eigenvalue weighted by Crippen LogP contribution is -2.32. The van der Waals surface area contributed by atoms with Gasteiger partial charge in [-0.3, -0.25) is 0 Å². The minimum Gasteiger partial charge on any atom is -0.504 e. The molecule has 2 atom stereocenters. The van der Waals surface area contributed by atoms with Gasteiger partial charge >= 0.3 is 0 Å². The Labute approximate surface area is 109 Å². The lowest BCUT2D eigenvalue weighted by molar-refractivity contribution is 0.233. The fourth-order valence-corrected chi connectivity index (χ4v) is 1.73. The molecule has 0 heterocycles. The molecule has 1 rings (SSSR count). The third kappa shape index (κ3) is 3.89. The molecule has 0 saturated carbocycles. The van der Waals surface area contributed by atoms with Crippen LogP contribution in [0.1, 0.15) is 38.8 Å². The Kier molecular flexibility index (Phi) is 5.95. The van der Waals surface area contributed by atoms with E-state index in [2.05, 4.69) is 19.2 Å². The second kappa shape index (κ2) is 7.24. The van der Waals surface area contributed by atoms with E-state index < -0.39 is 0 Å². The molecule has 1 aromatic carbocycles. The van der Waals surface area contributed by atoms with E-state index in [0.717, 1.165) is 12.0 Å². The van der Waals surface area contributed by atoms with Crippen molar-refractivity contribution in [2.45, 2.75) is 39.3 Å². The molecule has 0 spiro atoms. The minimum absolute atomic E-state index is 0.0146. The highest BCUT2D eigenvalue weighted by molar-refractivity contribution is 5.42. The number of aliphatic hydroxyl groups is 1. The normalized spacial score (nSPS) is 14.2. The molecule has 0 amide bonds. The topological polar surface area (TPSA) is 61.7 Å². The van der Waals surface area contributed by atoms with Crippen molar-refractivity contribution in [1.29, 1.82) is 0 Å². The third-order valence-corrected chi connectivity index (χ3v) is 2.97. The number of aliphatic hydroxyl groups excluding tert-OH is 1. The molecule has 2 unspecified atom stereocenters. The van der Waals surface area contributed by atoms with Crippen LogP contribution in [0.25, 0.3) is 0 Å². The van der Waals surface area contributed by atoms with E-state index in [9.17, 15) is 10.2 Å². The first kappa shape index (κ1) is 14.8. The summed E-state index contributed by atoms with van der Waals surface area (Å²) in [5, 5.41) is 22.4. The van der Waals surface area contributed by atoms with Crippen LogP contribution in [0.15, 0.2) is 18.2 Å². The largest absolute Gasteiger partial charge is 0.504 e. The molecule has 1 aromatic rings. The van der Waals surface area contributed by atoms with Crippen LogP contribution in [0.3, 0.4) is 0 Å². The van der Waals surface area contributed by atoms with Gasteiger partial charge < -0.3 is 20.3 Å². The second-order valence-corrected chi connectivity index (χ2v) is 4.37. The van der Waals surface area contributed by atoms with Crippen LogP contribution < -0.4 is 10.1 Å². The van der Waals surface area contributed by atoms with Crippen molar-refractivity contribution in [3.63, 3.8) is 0 Å². The van der Waals surface area contributed by atoms with Crippen molar-refractivity contribution in [2.75, 3.05) is 13.2 Å². The lowest BCUT2D eigenvalue weighted by Gasteiger charge is -2.22. The Morgan fingerprint density at radius 1 is 1.33 bits per heavy atom. The highest BCUT2D eigenvalue weighted by Gasteiger charge is 2.14. The molecule has 18 heavy (non-hydrogen) atoms. The minimum atomic E-state index is -0.139. The number of aromatic hydroxyl groups is 1. The van der Waals surface area contributed by atoms with Crippen LogP contribution in [-0.2, 0) is 0 Å². The fraction of sp³-hybridized carbons (Fsp3) is 0.571. The van der Waals surface area contributed by atoms with Gasteiger partial charge in [-0.15, -0.1) is 0 Å². The van der Waals surface area contributed by atoms with Gasteiger partial charge in [-0.2, -0.15) is 0 Å². The summed E-state index contributed by atoms with van der Waals surface area (Å²) in [6.07, 6.45) is 0.993. The molecule has 0 aliphatic carbocycles. The summed E-state index contributed by atoms with van der Waals surface area (Å²) in [5.74, 6) is 0.584. The van der Waals surface area contributed by atoms with Crippen molar-refractivity contribution in [3.8, 4) is 11.5 Å². The number of hydrogen-bond acceptors (Lipinski definition) is 4. The van der Waals surface area contributed by atoms with Crippen molar-refractivity contribution in [3.05, 3.63) is 23.8 Å². The van der Waals surface area contributed by atoms with Crippen LogP contribution >= 0.6 is 0 Å². The van der Waals surface area contributed by atoms with Gasteiger partial charge in [0.25, 0.3) is 0 Å². The number of phenols is 1. The van der Waals surface area contributed by atoms with E-state index >= 15 is 0 Å². The van der Waals surface area contributed by atoms with Crippen LogP contribution in [-0.4, -0.2) is 29.5 Å². The summed E-state index contributed by atoms with van der Waals surface area (Å²) in [6.45, 7) is 6.55. The predicted molar refractivity (Wildman–Crippen MR) is 72.0 cm³/mol. The van der Waals surface area contributed by atoms with Crippen molar-refractivity contribution >= 4 is 0 Å². The van der Waals surface area contributed by atoms with Gasteiger partial charge in [0, 0.05) is 6.04 Å². The number of phenolic OH excluding ortho intramolecular Hbond substituents is 1. The van der Waals surface area contributed by atoms with Crippen LogP contribution in [0.4, 0.5) is 0 Å². The predicted octanol–water partition coefficient (Wildman–Crippen LogP) is 2.21. The Morgan fingerprint density at radius 3 is 2.61 bits per heavy atom. The zero-order valence-corrected chi connectivity index (χ0v) is 11.3. The maximum atomic E-state index is 9.64. The lowest BCUT2D eigenvalue weighted by atomic mass is 10.1. The molecule has 0 aliphatic rings. The monoisotopic (exact) mass is 253 g/mol. The Hall–Kier alpha value is -1.26. The van der Waals surface area contributed by atoms with E-state index in [0.29, 0.717) is 18.4 Å². The van der Waals surface area contributed by atoms with Crippen LogP contribution in [0.5, 0.6) is 11.5 Å². The Morgan fingerprint density at radius 2 is 2.06 bits per heavy atom. The summed E-state index contributed by atoms with van der Waals surface area (Å²) >= 11 is 0. The maximum Gasteiger partial charge on any atom is 0.161 e. The zero-order valence-electron chi connectivity index (χ0n) is 11.3. The SMILES string of the molecule is CCOc1cc(C(CO)NC(C)CC)ccc1O. The average Bonchev–Trinajstić information content (AvgIpc) is 2.38. The number of hydrogen-bond donors (Lipinski definition) is 3. The zero-order chi connectivity index (χ0) is 13.5. The average molecular weight is 253 g/mol. The van der Waals surface area contributed by atoms with Gasteiger partial charge in [0.2, 0.25) is 0 Å². The fourth-order valence-electron chi connectivity index (χ4n) is 1.73. The summed E-state index contributed by atoms with van der Waals surface area (Å²) in [4.78, 5) is 0. The highest BCUT2D eigenvalue weighted by Crippen LogP contribution is 2.29. The summed E-state index contributed by atoms with van der Waals surface area (Å²) < 4.78 is 5.34. The second-order valence-electron chi connectivity index (χ2n) is 4.37. The summed E-state index contributed by atoms with van der Waals surface area (Å²) in [5.41, 5.74) is 0.916. The highest BCUT2D eigenvalue weighted by atomic mass is 16.5. The van der Waals surface area contributed by atoms with Crippen LogP contribution in [0.2, 0.25) is 0 Å². The third-order valence-electron chi connectivity index (χ3n) is 2.97. The quantitative estimate of drug-likeness (QED) is 0.697. The van der Waals surface area contributed by atoms with Gasteiger partial charge in [-0.25, -0.2) is 0 Å². The molecule has 0 radical (unpaired) electrons. The Balaban J connectivity index is 2.88. The van der Waals surface area contributed by atoms with Crippen molar-refractivity contribution in [1.82, 2.24) is 5.32 Å². The van der Waals surface area contributed by atoms with Gasteiger partial charge in [0.15, 0.2) is 11.5 Å². The first-order valence-electron chi connectivity index (χ1n) is 6.44. The maximum absolute atomic E-state index is 9.64. The molecule has 0 bridgehead atoms. The van der Waals surface area contributed by atoms with E-state index in [4.69, 9.17) is 4.74 Å². The van der Waals surface area contributed by atoms with Gasteiger partial charge in [-0.1, -0.05) is 13.0 Å². The van der Waals surface area contributed by atoms with E-state index in [1.165, 1.54) is 0 Å². The van der Waals surface area contributed by atoms with E-state index in [1.54, 1.807) is 18.2 Å². The first-order valence-corrected chi connectivity index (χ1v) is 6.44. The molecule has 4 heteroatoms. The number of nitrogens with one attached hydrogen (secondary N) is 1. The molecule has 0 aliphatic heterocycles. The summed E-state index contributed by atoms with van der Waals surface area (Å²) in [7, 11) is 0. The molecule has 0 saturated heterocycles. The molecule has 102 valence electrons. The van der Waals surface area contributed by atoms with Crippen LogP contribution in [0, 0.1) is 0 Å². The van der Waals surface area contributed by atoms with Gasteiger partial charge in [-0.05, 0) is 38.0 Å². The number of benzene rings is 1. The molecular weight excluding hydrogens is 230 g/mol. The number of ether oxygens (including phenoxy) is 1. The van der Waals surface area contributed by atoms with Crippen molar-refractivity contribution in [2.24, 2.45) is 0 Å². The standard InChI is InChI=1S/C14H23NO3/c1-4-10(3)15-12(9-16)11-6-7-13(17)14(8-11)18-5-2/h6-8,10,12,15-17H,4-5,9H2,1-3H3. The first-order chi connectivity index (χ1) is 8.62. The molecule has 4 nitrogen and oxygen atoms in total. The molecule has 0 aromatic heterocycles. The van der Waals surface area contributed by atoms with Gasteiger partial charge in [0.1, 0.15) is 0 Å². The molecular formula is C14H23NO3.